The first kappa shape index (κ1) is 30.1. The number of aliphatic hydroxyl groups excluding tert-OH is 1. The highest BCUT2D eigenvalue weighted by Crippen LogP contribution is 2.29. The molecule has 0 saturated carbocycles. The highest BCUT2D eigenvalue weighted by atomic mass is 16.3. The summed E-state index contributed by atoms with van der Waals surface area (Å²) in [6.07, 6.45) is 2.30. The van der Waals surface area contributed by atoms with E-state index >= 15 is 0 Å². The lowest BCUT2D eigenvalue weighted by Crippen LogP contribution is -2.57. The number of amides is 5. The predicted octanol–water partition coefficient (Wildman–Crippen LogP) is 2.28. The Kier molecular flexibility index (Phi) is 9.00. The van der Waals surface area contributed by atoms with Gasteiger partial charge in [-0.1, -0.05) is 36.4 Å². The van der Waals surface area contributed by atoms with Crippen molar-refractivity contribution in [3.63, 3.8) is 0 Å². The maximum absolute atomic E-state index is 13.5. The third kappa shape index (κ3) is 6.51. The summed E-state index contributed by atoms with van der Waals surface area (Å²) in [6, 6.07) is 13.5. The van der Waals surface area contributed by atoms with Gasteiger partial charge in [0.15, 0.2) is 0 Å². The number of carbonyl (C=O) groups excluding carboxylic acids is 4. The third-order valence-electron chi connectivity index (χ3n) is 8.70. The van der Waals surface area contributed by atoms with Gasteiger partial charge in [0.1, 0.15) is 6.54 Å². The number of benzene rings is 2. The van der Waals surface area contributed by atoms with Crippen LogP contribution in [0.15, 0.2) is 48.7 Å². The Labute approximate surface area is 252 Å². The van der Waals surface area contributed by atoms with Gasteiger partial charge in [-0.15, -0.1) is 0 Å². The topological polar surface area (TPSA) is 126 Å². The smallest absolute Gasteiger partial charge is 0.322 e. The maximum Gasteiger partial charge on any atom is 0.322 e. The second-order valence-electron chi connectivity index (χ2n) is 11.4. The van der Waals surface area contributed by atoms with Crippen LogP contribution in [0.25, 0.3) is 5.57 Å². The fourth-order valence-corrected chi connectivity index (χ4v) is 6.07. The maximum atomic E-state index is 13.5. The van der Waals surface area contributed by atoms with E-state index in [1.165, 1.54) is 16.7 Å². The van der Waals surface area contributed by atoms with Crippen LogP contribution in [0.2, 0.25) is 0 Å². The number of para-hydroxylation sites is 1. The Morgan fingerprint density at radius 2 is 1.77 bits per heavy atom. The van der Waals surface area contributed by atoms with Gasteiger partial charge < -0.3 is 30.4 Å². The predicted molar refractivity (Wildman–Crippen MR) is 162 cm³/mol. The summed E-state index contributed by atoms with van der Waals surface area (Å²) in [5.41, 5.74) is 5.04. The molecular formula is C32H40N6O5. The highest BCUT2D eigenvalue weighted by Gasteiger charge is 2.37. The Hall–Kier alpha value is -4.38. The summed E-state index contributed by atoms with van der Waals surface area (Å²) in [5.74, 6) is -0.770. The van der Waals surface area contributed by atoms with Gasteiger partial charge in [-0.25, -0.2) is 4.79 Å². The minimum absolute atomic E-state index is 0.0247. The summed E-state index contributed by atoms with van der Waals surface area (Å²) >= 11 is 0. The first-order valence-electron chi connectivity index (χ1n) is 14.8. The zero-order chi connectivity index (χ0) is 30.7. The van der Waals surface area contributed by atoms with Crippen molar-refractivity contribution in [2.24, 2.45) is 0 Å². The molecule has 43 heavy (non-hydrogen) atoms. The number of nitrogens with one attached hydrogen (secondary N) is 2. The first-order valence-corrected chi connectivity index (χ1v) is 14.8. The second-order valence-corrected chi connectivity index (χ2v) is 11.4. The van der Waals surface area contributed by atoms with Crippen molar-refractivity contribution in [3.8, 4) is 0 Å². The summed E-state index contributed by atoms with van der Waals surface area (Å²) in [5, 5.41) is 16.9. The van der Waals surface area contributed by atoms with Crippen LogP contribution in [-0.4, -0.2) is 100 Å². The van der Waals surface area contributed by atoms with Crippen molar-refractivity contribution in [2.75, 3.05) is 44.6 Å². The molecule has 1 unspecified atom stereocenters. The molecule has 3 aliphatic heterocycles. The number of urea groups is 1. The van der Waals surface area contributed by atoms with E-state index < -0.39 is 6.35 Å². The molecule has 0 bridgehead atoms. The number of aryl methyl sites for hydroxylation is 1. The molecule has 3 heterocycles. The van der Waals surface area contributed by atoms with Gasteiger partial charge in [0.2, 0.25) is 18.2 Å². The number of hydrogen-bond acceptors (Lipinski definition) is 6. The fraction of sp³-hybridized carbons (Fsp3) is 0.438. The van der Waals surface area contributed by atoms with E-state index in [1.807, 2.05) is 61.2 Å². The van der Waals surface area contributed by atoms with Crippen molar-refractivity contribution in [3.05, 3.63) is 70.9 Å². The van der Waals surface area contributed by atoms with Gasteiger partial charge in [0.05, 0.1) is 5.57 Å². The van der Waals surface area contributed by atoms with Crippen LogP contribution in [0.4, 0.5) is 10.5 Å². The molecule has 0 spiro atoms. The summed E-state index contributed by atoms with van der Waals surface area (Å²) in [6.45, 7) is 7.03. The normalized spacial score (nSPS) is 19.4. The molecule has 3 aliphatic rings. The average molecular weight is 589 g/mol. The molecule has 5 amide bonds. The SMILES string of the molecule is CC(=O)NCCN1C(=O)C(c2cccc(C)c2C)=CN(CC(=O)N2CCC(N3CCc4ccccc4NC3=O)CC2)C1O. The molecule has 11 heteroatoms. The van der Waals surface area contributed by atoms with E-state index in [0.717, 1.165) is 34.4 Å². The zero-order valence-corrected chi connectivity index (χ0v) is 25.0. The number of anilines is 1. The van der Waals surface area contributed by atoms with Crippen molar-refractivity contribution in [2.45, 2.75) is 52.4 Å². The number of carbonyl (C=O) groups is 4. The highest BCUT2D eigenvalue weighted by molar-refractivity contribution is 6.20. The van der Waals surface area contributed by atoms with E-state index in [-0.39, 0.29) is 49.4 Å². The Balaban J connectivity index is 1.27. The number of hydrogen-bond donors (Lipinski definition) is 3. The van der Waals surface area contributed by atoms with Crippen LogP contribution in [-0.2, 0) is 20.8 Å². The monoisotopic (exact) mass is 588 g/mol. The molecule has 0 aromatic heterocycles. The van der Waals surface area contributed by atoms with Crippen molar-refractivity contribution in [1.29, 1.82) is 0 Å². The number of aliphatic hydroxyl groups is 1. The fourth-order valence-electron chi connectivity index (χ4n) is 6.07. The van der Waals surface area contributed by atoms with E-state index in [2.05, 4.69) is 10.6 Å². The zero-order valence-electron chi connectivity index (χ0n) is 25.0. The molecular weight excluding hydrogens is 548 g/mol. The van der Waals surface area contributed by atoms with Crippen LogP contribution in [0, 0.1) is 13.8 Å². The minimum Gasteiger partial charge on any atom is -0.356 e. The summed E-state index contributed by atoms with van der Waals surface area (Å²) < 4.78 is 0. The van der Waals surface area contributed by atoms with Crippen LogP contribution in [0.5, 0.6) is 0 Å². The number of piperidine rings is 1. The van der Waals surface area contributed by atoms with Gasteiger partial charge in [0, 0.05) is 57.6 Å². The quantitative estimate of drug-likeness (QED) is 0.456. The number of nitrogens with zero attached hydrogens (tertiary/aromatic N) is 4. The Bertz CT molecular complexity index is 1430. The number of rotatable bonds is 7. The molecule has 11 nitrogen and oxygen atoms in total. The van der Waals surface area contributed by atoms with Crippen LogP contribution in [0.3, 0.4) is 0 Å². The molecule has 0 aliphatic carbocycles. The third-order valence-corrected chi connectivity index (χ3v) is 8.70. The molecule has 1 atom stereocenters. The van der Waals surface area contributed by atoms with E-state index in [1.54, 1.807) is 11.1 Å². The minimum atomic E-state index is -1.36. The molecule has 1 saturated heterocycles. The van der Waals surface area contributed by atoms with Crippen molar-refractivity contribution < 1.29 is 24.3 Å². The van der Waals surface area contributed by atoms with Gasteiger partial charge in [-0.05, 0) is 61.4 Å². The van der Waals surface area contributed by atoms with Crippen LogP contribution in [0.1, 0.15) is 42.0 Å². The molecule has 2 aromatic rings. The number of fused-ring (bicyclic) bond motifs is 1. The van der Waals surface area contributed by atoms with Gasteiger partial charge in [-0.2, -0.15) is 0 Å². The lowest BCUT2D eigenvalue weighted by Gasteiger charge is -2.42. The molecule has 0 radical (unpaired) electrons. The molecule has 2 aromatic carbocycles. The first-order chi connectivity index (χ1) is 20.6. The Morgan fingerprint density at radius 1 is 1.02 bits per heavy atom. The second kappa shape index (κ2) is 12.9. The largest absolute Gasteiger partial charge is 0.356 e. The van der Waals surface area contributed by atoms with E-state index in [0.29, 0.717) is 38.0 Å². The molecule has 228 valence electrons. The van der Waals surface area contributed by atoms with Gasteiger partial charge >= 0.3 is 6.03 Å². The molecule has 1 fully saturated rings. The van der Waals surface area contributed by atoms with Crippen LogP contribution >= 0.6 is 0 Å². The van der Waals surface area contributed by atoms with Crippen molar-refractivity contribution >= 4 is 35.0 Å². The van der Waals surface area contributed by atoms with Crippen LogP contribution < -0.4 is 10.6 Å². The molecule has 5 rings (SSSR count). The van der Waals surface area contributed by atoms with E-state index in [4.69, 9.17) is 0 Å². The summed E-state index contributed by atoms with van der Waals surface area (Å²) in [4.78, 5) is 57.9. The molecule has 3 N–H and O–H groups in total. The lowest BCUT2D eigenvalue weighted by molar-refractivity contribution is -0.156. The standard InChI is InChI=1S/C32H40N6O5/c1-21-7-6-9-26(22(21)2)27-19-36(32(43)38(30(27)41)18-14-33-23(3)39)20-29(40)35-15-12-25(13-16-35)37-17-11-24-8-4-5-10-28(24)34-31(37)42/h4-10,19,25,32,43H,11-18,20H2,1-3H3,(H,33,39)(H,34,42). The average Bonchev–Trinajstić information content (AvgIpc) is 3.15. The lowest BCUT2D eigenvalue weighted by atomic mass is 9.95. The van der Waals surface area contributed by atoms with Gasteiger partial charge in [-0.3, -0.25) is 19.3 Å². The summed E-state index contributed by atoms with van der Waals surface area (Å²) in [7, 11) is 0. The Morgan fingerprint density at radius 3 is 2.51 bits per heavy atom. The van der Waals surface area contributed by atoms with Crippen molar-refractivity contribution in [1.82, 2.24) is 24.9 Å². The number of likely N-dealkylation sites (tertiary alicyclic amines) is 1. The van der Waals surface area contributed by atoms with Gasteiger partial charge in [0.25, 0.3) is 5.91 Å². The van der Waals surface area contributed by atoms with E-state index in [9.17, 15) is 24.3 Å².